The molecule has 0 saturated heterocycles. The lowest BCUT2D eigenvalue weighted by atomic mass is 10.1. The molecule has 0 saturated carbocycles. The van der Waals surface area contributed by atoms with E-state index in [2.05, 4.69) is 10.0 Å². The summed E-state index contributed by atoms with van der Waals surface area (Å²) in [7, 11) is -2.10. The monoisotopic (exact) mass is 308 g/mol. The Morgan fingerprint density at radius 2 is 1.81 bits per heavy atom. The quantitative estimate of drug-likeness (QED) is 0.893. The summed E-state index contributed by atoms with van der Waals surface area (Å²) in [5.41, 5.74) is 1.44. The Labute approximate surface area is 124 Å². The molecule has 0 unspecified atom stereocenters. The van der Waals surface area contributed by atoms with Crippen LogP contribution < -0.4 is 10.0 Å². The van der Waals surface area contributed by atoms with Gasteiger partial charge in [0, 0.05) is 11.7 Å². The second-order valence-electron chi connectivity index (χ2n) is 4.66. The first kappa shape index (κ1) is 15.5. The molecule has 0 radical (unpaired) electrons. The van der Waals surface area contributed by atoms with Gasteiger partial charge in [0.25, 0.3) is 0 Å². The highest BCUT2D eigenvalue weighted by Crippen LogP contribution is 2.22. The van der Waals surface area contributed by atoms with Crippen molar-refractivity contribution < 1.29 is 12.8 Å². The number of halogens is 1. The minimum Gasteiger partial charge on any atom is -0.378 e. The van der Waals surface area contributed by atoms with Crippen molar-refractivity contribution in [3.63, 3.8) is 0 Å². The van der Waals surface area contributed by atoms with Crippen molar-refractivity contribution in [1.29, 1.82) is 0 Å². The molecule has 2 rings (SSSR count). The summed E-state index contributed by atoms with van der Waals surface area (Å²) in [5.74, 6) is -0.321. The summed E-state index contributed by atoms with van der Waals surface area (Å²) in [6.07, 6.45) is 0. The molecule has 4 nitrogen and oxygen atoms in total. The van der Waals surface area contributed by atoms with Crippen LogP contribution in [-0.2, 0) is 10.0 Å². The van der Waals surface area contributed by atoms with E-state index in [1.165, 1.54) is 25.2 Å². The zero-order valence-electron chi connectivity index (χ0n) is 11.8. The van der Waals surface area contributed by atoms with Crippen molar-refractivity contribution in [3.8, 4) is 0 Å². The Kier molecular flexibility index (Phi) is 4.59. The number of rotatable bonds is 5. The minimum atomic E-state index is -3.47. The van der Waals surface area contributed by atoms with Crippen LogP contribution in [0.4, 0.5) is 10.1 Å². The first-order valence-electron chi connectivity index (χ1n) is 6.48. The molecule has 2 aromatic rings. The molecule has 0 heterocycles. The highest BCUT2D eigenvalue weighted by molar-refractivity contribution is 7.89. The summed E-state index contributed by atoms with van der Waals surface area (Å²) in [4.78, 5) is 0.204. The Hall–Kier alpha value is -1.92. The van der Waals surface area contributed by atoms with Crippen LogP contribution in [0.15, 0.2) is 53.4 Å². The van der Waals surface area contributed by atoms with E-state index in [4.69, 9.17) is 0 Å². The third-order valence-electron chi connectivity index (χ3n) is 3.14. The number of benzene rings is 2. The van der Waals surface area contributed by atoms with E-state index < -0.39 is 10.0 Å². The second kappa shape index (κ2) is 6.24. The lowest BCUT2D eigenvalue weighted by Crippen LogP contribution is -2.19. The van der Waals surface area contributed by atoms with E-state index >= 15 is 0 Å². The molecule has 6 heteroatoms. The number of sulfonamides is 1. The second-order valence-corrected chi connectivity index (χ2v) is 6.54. The number of hydrogen-bond donors (Lipinski definition) is 2. The third kappa shape index (κ3) is 3.80. The standard InChI is InChI=1S/C15H17FN2O2S/c1-11(18-14-7-4-6-13(16)10-14)12-5-3-8-15(9-12)21(19,20)17-2/h3-11,17-18H,1-2H3/t11-/m0/s1. The lowest BCUT2D eigenvalue weighted by molar-refractivity contribution is 0.588. The van der Waals surface area contributed by atoms with Crippen LogP contribution in [0.25, 0.3) is 0 Å². The highest BCUT2D eigenvalue weighted by atomic mass is 32.2. The van der Waals surface area contributed by atoms with Gasteiger partial charge in [0.05, 0.1) is 4.90 Å². The maximum absolute atomic E-state index is 13.2. The average molecular weight is 308 g/mol. The largest absolute Gasteiger partial charge is 0.378 e. The number of nitrogens with one attached hydrogen (secondary N) is 2. The van der Waals surface area contributed by atoms with Crippen molar-refractivity contribution in [1.82, 2.24) is 4.72 Å². The van der Waals surface area contributed by atoms with Crippen LogP contribution in [0.3, 0.4) is 0 Å². The first-order chi connectivity index (χ1) is 9.92. The molecule has 2 N–H and O–H groups in total. The molecule has 0 aliphatic carbocycles. The van der Waals surface area contributed by atoms with Crippen molar-refractivity contribution in [2.75, 3.05) is 12.4 Å². The molecule has 112 valence electrons. The summed E-state index contributed by atoms with van der Waals surface area (Å²) in [6.45, 7) is 1.88. The Bertz CT molecular complexity index is 732. The van der Waals surface area contributed by atoms with Crippen LogP contribution in [-0.4, -0.2) is 15.5 Å². The van der Waals surface area contributed by atoms with Crippen LogP contribution in [0.1, 0.15) is 18.5 Å². The summed E-state index contributed by atoms with van der Waals surface area (Å²) >= 11 is 0. The molecular weight excluding hydrogens is 291 g/mol. The molecule has 0 aliphatic rings. The molecule has 0 aromatic heterocycles. The molecule has 0 fully saturated rings. The van der Waals surface area contributed by atoms with Crippen molar-refractivity contribution in [3.05, 3.63) is 59.9 Å². The van der Waals surface area contributed by atoms with E-state index in [-0.39, 0.29) is 16.8 Å². The number of anilines is 1. The average Bonchev–Trinajstić information content (AvgIpc) is 2.47. The van der Waals surface area contributed by atoms with Crippen molar-refractivity contribution in [2.45, 2.75) is 17.9 Å². The molecule has 0 bridgehead atoms. The van der Waals surface area contributed by atoms with Crippen LogP contribution in [0, 0.1) is 5.82 Å². The number of hydrogen-bond acceptors (Lipinski definition) is 3. The van der Waals surface area contributed by atoms with E-state index in [0.29, 0.717) is 5.69 Å². The molecule has 1 atom stereocenters. The van der Waals surface area contributed by atoms with Gasteiger partial charge in [-0.25, -0.2) is 17.5 Å². The van der Waals surface area contributed by atoms with E-state index in [1.807, 2.05) is 13.0 Å². The van der Waals surface area contributed by atoms with Gasteiger partial charge in [0.1, 0.15) is 5.82 Å². The molecule has 0 amide bonds. The van der Waals surface area contributed by atoms with Gasteiger partial charge >= 0.3 is 0 Å². The van der Waals surface area contributed by atoms with E-state index in [9.17, 15) is 12.8 Å². The third-order valence-corrected chi connectivity index (χ3v) is 4.56. The Morgan fingerprint density at radius 3 is 2.48 bits per heavy atom. The fourth-order valence-electron chi connectivity index (χ4n) is 1.98. The molecule has 0 spiro atoms. The molecule has 0 aliphatic heterocycles. The Balaban J connectivity index is 2.24. The smallest absolute Gasteiger partial charge is 0.240 e. The van der Waals surface area contributed by atoms with Gasteiger partial charge in [-0.05, 0) is 49.9 Å². The predicted octanol–water partition coefficient (Wildman–Crippen LogP) is 2.91. The van der Waals surface area contributed by atoms with Crippen LogP contribution in [0.5, 0.6) is 0 Å². The predicted molar refractivity (Wildman–Crippen MR) is 81.1 cm³/mol. The van der Waals surface area contributed by atoms with Crippen molar-refractivity contribution in [2.24, 2.45) is 0 Å². The molecule has 2 aromatic carbocycles. The van der Waals surface area contributed by atoms with Gasteiger partial charge in [-0.1, -0.05) is 18.2 Å². The van der Waals surface area contributed by atoms with Gasteiger partial charge in [-0.2, -0.15) is 0 Å². The van der Waals surface area contributed by atoms with Gasteiger partial charge in [-0.15, -0.1) is 0 Å². The molecule has 21 heavy (non-hydrogen) atoms. The minimum absolute atomic E-state index is 0.154. The van der Waals surface area contributed by atoms with Crippen molar-refractivity contribution >= 4 is 15.7 Å². The van der Waals surface area contributed by atoms with E-state index in [1.54, 1.807) is 24.3 Å². The zero-order valence-corrected chi connectivity index (χ0v) is 12.6. The normalized spacial score (nSPS) is 12.9. The zero-order chi connectivity index (χ0) is 15.5. The summed E-state index contributed by atoms with van der Waals surface area (Å²) < 4.78 is 39.0. The maximum Gasteiger partial charge on any atom is 0.240 e. The lowest BCUT2D eigenvalue weighted by Gasteiger charge is -2.16. The van der Waals surface area contributed by atoms with E-state index in [0.717, 1.165) is 5.56 Å². The SMILES string of the molecule is CNS(=O)(=O)c1cccc([C@H](C)Nc2cccc(F)c2)c1. The van der Waals surface area contributed by atoms with Gasteiger partial charge in [0.2, 0.25) is 10.0 Å². The fraction of sp³-hybridized carbons (Fsp3) is 0.200. The summed E-state index contributed by atoms with van der Waals surface area (Å²) in [6, 6.07) is 12.6. The summed E-state index contributed by atoms with van der Waals surface area (Å²) in [5, 5.41) is 3.14. The van der Waals surface area contributed by atoms with Gasteiger partial charge < -0.3 is 5.32 Å². The first-order valence-corrected chi connectivity index (χ1v) is 7.96. The van der Waals surface area contributed by atoms with Gasteiger partial charge in [-0.3, -0.25) is 0 Å². The molecular formula is C15H17FN2O2S. The maximum atomic E-state index is 13.2. The van der Waals surface area contributed by atoms with Crippen LogP contribution in [0.2, 0.25) is 0 Å². The highest BCUT2D eigenvalue weighted by Gasteiger charge is 2.13. The van der Waals surface area contributed by atoms with Gasteiger partial charge in [0.15, 0.2) is 0 Å². The fourth-order valence-corrected chi connectivity index (χ4v) is 2.77. The topological polar surface area (TPSA) is 58.2 Å². The van der Waals surface area contributed by atoms with Crippen LogP contribution >= 0.6 is 0 Å². The Morgan fingerprint density at radius 1 is 1.10 bits per heavy atom.